The molecule has 0 aliphatic rings. The minimum Gasteiger partial charge on any atom is -0.494 e. The summed E-state index contributed by atoms with van der Waals surface area (Å²) < 4.78 is 5.29. The standard InChI is InChI=1S/C11H12ClNO/c1-2-14-11-5-3-9(4-6-11)7-10(12)8-13/h3-6,10H,2,7H2,1H3/t10-/m0/s1. The van der Waals surface area contributed by atoms with Crippen molar-refractivity contribution < 1.29 is 4.74 Å². The first-order chi connectivity index (χ1) is 6.76. The highest BCUT2D eigenvalue weighted by Crippen LogP contribution is 2.14. The Morgan fingerprint density at radius 3 is 2.57 bits per heavy atom. The monoisotopic (exact) mass is 209 g/mol. The fraction of sp³-hybridized carbons (Fsp3) is 0.364. The molecular weight excluding hydrogens is 198 g/mol. The summed E-state index contributed by atoms with van der Waals surface area (Å²) in [5.41, 5.74) is 1.05. The van der Waals surface area contributed by atoms with Gasteiger partial charge in [0.2, 0.25) is 0 Å². The van der Waals surface area contributed by atoms with E-state index in [-0.39, 0.29) is 0 Å². The van der Waals surface area contributed by atoms with Gasteiger partial charge in [0.15, 0.2) is 0 Å². The average Bonchev–Trinajstić information content (AvgIpc) is 2.21. The van der Waals surface area contributed by atoms with E-state index in [2.05, 4.69) is 0 Å². The Kier molecular flexibility index (Phi) is 4.28. The van der Waals surface area contributed by atoms with E-state index in [0.717, 1.165) is 11.3 Å². The van der Waals surface area contributed by atoms with Crippen LogP contribution in [0, 0.1) is 11.3 Å². The van der Waals surface area contributed by atoms with Gasteiger partial charge in [0.25, 0.3) is 0 Å². The van der Waals surface area contributed by atoms with E-state index in [4.69, 9.17) is 21.6 Å². The smallest absolute Gasteiger partial charge is 0.124 e. The van der Waals surface area contributed by atoms with Crippen LogP contribution in [0.5, 0.6) is 5.75 Å². The molecule has 0 saturated carbocycles. The molecule has 1 rings (SSSR count). The van der Waals surface area contributed by atoms with E-state index < -0.39 is 5.38 Å². The number of halogens is 1. The number of alkyl halides is 1. The van der Waals surface area contributed by atoms with E-state index in [1.165, 1.54) is 0 Å². The first-order valence-corrected chi connectivity index (χ1v) is 4.95. The molecule has 1 aromatic carbocycles. The maximum atomic E-state index is 8.53. The van der Waals surface area contributed by atoms with E-state index in [1.807, 2.05) is 37.3 Å². The number of benzene rings is 1. The van der Waals surface area contributed by atoms with Crippen molar-refractivity contribution in [3.63, 3.8) is 0 Å². The number of hydrogen-bond donors (Lipinski definition) is 0. The van der Waals surface area contributed by atoms with Gasteiger partial charge in [-0.25, -0.2) is 0 Å². The Balaban J connectivity index is 2.60. The van der Waals surface area contributed by atoms with Crippen LogP contribution in [0.25, 0.3) is 0 Å². The van der Waals surface area contributed by atoms with Crippen molar-refractivity contribution >= 4 is 11.6 Å². The largest absolute Gasteiger partial charge is 0.494 e. The van der Waals surface area contributed by atoms with Crippen LogP contribution in [-0.4, -0.2) is 12.0 Å². The van der Waals surface area contributed by atoms with Crippen LogP contribution in [0.3, 0.4) is 0 Å². The van der Waals surface area contributed by atoms with Gasteiger partial charge in [-0.2, -0.15) is 5.26 Å². The Labute approximate surface area is 89.1 Å². The van der Waals surface area contributed by atoms with E-state index >= 15 is 0 Å². The van der Waals surface area contributed by atoms with Gasteiger partial charge in [0, 0.05) is 6.42 Å². The first-order valence-electron chi connectivity index (χ1n) is 4.51. The molecule has 0 heterocycles. The SMILES string of the molecule is CCOc1ccc(C[C@H](Cl)C#N)cc1. The van der Waals surface area contributed by atoms with E-state index in [0.29, 0.717) is 13.0 Å². The number of rotatable bonds is 4. The molecule has 0 aliphatic carbocycles. The molecule has 0 N–H and O–H groups in total. The zero-order valence-electron chi connectivity index (χ0n) is 8.03. The van der Waals surface area contributed by atoms with Gasteiger partial charge in [-0.1, -0.05) is 12.1 Å². The molecule has 0 aliphatic heterocycles. The predicted molar refractivity (Wildman–Crippen MR) is 56.6 cm³/mol. The summed E-state index contributed by atoms with van der Waals surface area (Å²) in [4.78, 5) is 0. The highest BCUT2D eigenvalue weighted by Gasteiger charge is 2.03. The minimum atomic E-state index is -0.451. The van der Waals surface area contributed by atoms with Crippen LogP contribution >= 0.6 is 11.6 Å². The summed E-state index contributed by atoms with van der Waals surface area (Å²) >= 11 is 5.71. The quantitative estimate of drug-likeness (QED) is 0.715. The van der Waals surface area contributed by atoms with Gasteiger partial charge in [0.1, 0.15) is 11.1 Å². The summed E-state index contributed by atoms with van der Waals surface area (Å²) in [6, 6.07) is 9.62. The van der Waals surface area contributed by atoms with E-state index in [9.17, 15) is 0 Å². The van der Waals surface area contributed by atoms with Gasteiger partial charge >= 0.3 is 0 Å². The second-order valence-electron chi connectivity index (χ2n) is 2.88. The Hall–Kier alpha value is -1.20. The molecule has 2 nitrogen and oxygen atoms in total. The molecule has 0 amide bonds. The summed E-state index contributed by atoms with van der Waals surface area (Å²) in [7, 11) is 0. The summed E-state index contributed by atoms with van der Waals surface area (Å²) in [6.45, 7) is 2.61. The highest BCUT2D eigenvalue weighted by molar-refractivity contribution is 6.22. The molecule has 3 heteroatoms. The highest BCUT2D eigenvalue weighted by atomic mass is 35.5. The average molecular weight is 210 g/mol. The summed E-state index contributed by atoms with van der Waals surface area (Å²) in [5.74, 6) is 0.847. The second kappa shape index (κ2) is 5.51. The van der Waals surface area contributed by atoms with Crippen molar-refractivity contribution in [2.45, 2.75) is 18.7 Å². The lowest BCUT2D eigenvalue weighted by Gasteiger charge is -2.04. The minimum absolute atomic E-state index is 0.451. The molecule has 1 atom stereocenters. The van der Waals surface area contributed by atoms with Crippen LogP contribution < -0.4 is 4.74 Å². The Morgan fingerprint density at radius 1 is 1.43 bits per heavy atom. The van der Waals surface area contributed by atoms with Crippen molar-refractivity contribution in [3.05, 3.63) is 29.8 Å². The lowest BCUT2D eigenvalue weighted by molar-refractivity contribution is 0.340. The third-order valence-corrected chi connectivity index (χ3v) is 2.04. The van der Waals surface area contributed by atoms with Gasteiger partial charge < -0.3 is 4.74 Å². The fourth-order valence-electron chi connectivity index (χ4n) is 1.14. The van der Waals surface area contributed by atoms with Crippen molar-refractivity contribution in [2.75, 3.05) is 6.61 Å². The van der Waals surface area contributed by atoms with Crippen molar-refractivity contribution in [3.8, 4) is 11.8 Å². The van der Waals surface area contributed by atoms with Crippen molar-refractivity contribution in [1.82, 2.24) is 0 Å². The Morgan fingerprint density at radius 2 is 2.07 bits per heavy atom. The summed E-state index contributed by atoms with van der Waals surface area (Å²) in [5, 5.41) is 8.08. The number of nitrogens with zero attached hydrogens (tertiary/aromatic N) is 1. The van der Waals surface area contributed by atoms with E-state index in [1.54, 1.807) is 0 Å². The molecule has 0 radical (unpaired) electrons. The van der Waals surface area contributed by atoms with Crippen LogP contribution in [0.1, 0.15) is 12.5 Å². The zero-order chi connectivity index (χ0) is 10.4. The molecule has 0 bridgehead atoms. The molecule has 14 heavy (non-hydrogen) atoms. The zero-order valence-corrected chi connectivity index (χ0v) is 8.79. The van der Waals surface area contributed by atoms with Crippen LogP contribution in [0.4, 0.5) is 0 Å². The molecule has 0 aromatic heterocycles. The second-order valence-corrected chi connectivity index (χ2v) is 3.40. The molecule has 1 aromatic rings. The third kappa shape index (κ3) is 3.27. The number of hydrogen-bond acceptors (Lipinski definition) is 2. The van der Waals surface area contributed by atoms with Crippen molar-refractivity contribution in [1.29, 1.82) is 5.26 Å². The lowest BCUT2D eigenvalue weighted by atomic mass is 10.1. The van der Waals surface area contributed by atoms with Gasteiger partial charge in [0.05, 0.1) is 12.7 Å². The first kappa shape index (κ1) is 10.9. The topological polar surface area (TPSA) is 33.0 Å². The van der Waals surface area contributed by atoms with Crippen LogP contribution in [0.15, 0.2) is 24.3 Å². The maximum Gasteiger partial charge on any atom is 0.124 e. The molecule has 0 saturated heterocycles. The van der Waals surface area contributed by atoms with Crippen molar-refractivity contribution in [2.24, 2.45) is 0 Å². The molecule has 0 spiro atoms. The van der Waals surface area contributed by atoms with Gasteiger partial charge in [-0.05, 0) is 24.6 Å². The maximum absolute atomic E-state index is 8.53. The molecule has 0 unspecified atom stereocenters. The lowest BCUT2D eigenvalue weighted by Crippen LogP contribution is -1.99. The third-order valence-electron chi connectivity index (χ3n) is 1.79. The normalized spacial score (nSPS) is 11.8. The molecule has 74 valence electrons. The molecule has 0 fully saturated rings. The number of nitriles is 1. The summed E-state index contributed by atoms with van der Waals surface area (Å²) in [6.07, 6.45) is 0.574. The van der Waals surface area contributed by atoms with Gasteiger partial charge in [-0.15, -0.1) is 11.6 Å². The van der Waals surface area contributed by atoms with Gasteiger partial charge in [-0.3, -0.25) is 0 Å². The molecular formula is C11H12ClNO. The fourth-order valence-corrected chi connectivity index (χ4v) is 1.32. The Bertz CT molecular complexity index is 315. The van der Waals surface area contributed by atoms with Crippen LogP contribution in [-0.2, 0) is 6.42 Å². The predicted octanol–water partition coefficient (Wildman–Crippen LogP) is 2.76. The number of ether oxygens (including phenoxy) is 1. The van der Waals surface area contributed by atoms with Crippen LogP contribution in [0.2, 0.25) is 0 Å².